The summed E-state index contributed by atoms with van der Waals surface area (Å²) in [7, 11) is 0. The molecule has 0 spiro atoms. The lowest BCUT2D eigenvalue weighted by Crippen LogP contribution is -2.05. The molecule has 0 amide bonds. The minimum atomic E-state index is -0.644. The van der Waals surface area contributed by atoms with Gasteiger partial charge in [-0.2, -0.15) is 5.10 Å². The average molecular weight is 355 g/mol. The van der Waals surface area contributed by atoms with Crippen LogP contribution in [0.2, 0.25) is 0 Å². The van der Waals surface area contributed by atoms with Gasteiger partial charge in [0, 0.05) is 12.3 Å². The number of nitro groups is 1. The number of nitro benzene ring substituents is 1. The van der Waals surface area contributed by atoms with Gasteiger partial charge in [0.25, 0.3) is 5.69 Å². The molecule has 3 rings (SSSR count). The highest BCUT2D eigenvalue weighted by Crippen LogP contribution is 2.32. The predicted molar refractivity (Wildman–Crippen MR) is 91.6 cm³/mol. The molecule has 0 bridgehead atoms. The number of carbonyl (C=O) groups is 1. The second-order valence-electron chi connectivity index (χ2n) is 5.31. The topological polar surface area (TPSA) is 87.3 Å². The molecule has 1 aromatic heterocycles. The van der Waals surface area contributed by atoms with Gasteiger partial charge in [0.2, 0.25) is 0 Å². The van der Waals surface area contributed by atoms with Crippen molar-refractivity contribution in [1.82, 2.24) is 9.78 Å². The van der Waals surface area contributed by atoms with Crippen LogP contribution in [0.15, 0.2) is 54.7 Å². The van der Waals surface area contributed by atoms with E-state index in [2.05, 4.69) is 5.10 Å². The molecule has 0 N–H and O–H groups in total. The lowest BCUT2D eigenvalue weighted by atomic mass is 10.1. The number of benzene rings is 2. The summed E-state index contributed by atoms with van der Waals surface area (Å²) in [5, 5.41) is 15.6. The fourth-order valence-electron chi connectivity index (χ4n) is 2.49. The molecule has 0 aliphatic carbocycles. The largest absolute Gasteiger partial charge is 0.462 e. The average Bonchev–Trinajstić information content (AvgIpc) is 3.08. The van der Waals surface area contributed by atoms with E-state index in [1.165, 1.54) is 53.3 Å². The van der Waals surface area contributed by atoms with Gasteiger partial charge in [-0.3, -0.25) is 10.1 Å². The number of ether oxygens (including phenoxy) is 1. The van der Waals surface area contributed by atoms with Gasteiger partial charge in [0.1, 0.15) is 17.1 Å². The normalized spacial score (nSPS) is 10.5. The summed E-state index contributed by atoms with van der Waals surface area (Å²) in [4.78, 5) is 23.1. The van der Waals surface area contributed by atoms with Crippen LogP contribution in [-0.2, 0) is 4.74 Å². The van der Waals surface area contributed by atoms with Gasteiger partial charge in [-0.05, 0) is 37.3 Å². The molecule has 2 aromatic carbocycles. The summed E-state index contributed by atoms with van der Waals surface area (Å²) in [5.41, 5.74) is 0.733. The Kier molecular flexibility index (Phi) is 4.74. The molecule has 7 nitrogen and oxygen atoms in total. The van der Waals surface area contributed by atoms with Gasteiger partial charge in [-0.1, -0.05) is 12.1 Å². The van der Waals surface area contributed by atoms with E-state index < -0.39 is 16.7 Å². The molecular formula is C18H14FN3O4. The zero-order valence-electron chi connectivity index (χ0n) is 13.8. The number of hydrogen-bond donors (Lipinski definition) is 0. The SMILES string of the molecule is CCOC(=O)c1cn(-c2ccc(F)cc2)nc1-c1ccccc1[N+](=O)[O-]. The van der Waals surface area contributed by atoms with Gasteiger partial charge < -0.3 is 4.74 Å². The van der Waals surface area contributed by atoms with Gasteiger partial charge in [-0.15, -0.1) is 0 Å². The first kappa shape index (κ1) is 17.3. The monoisotopic (exact) mass is 355 g/mol. The third-order valence-electron chi connectivity index (χ3n) is 3.66. The Hall–Kier alpha value is -3.55. The maximum atomic E-state index is 13.1. The van der Waals surface area contributed by atoms with Gasteiger partial charge in [0.15, 0.2) is 0 Å². The molecule has 0 atom stereocenters. The standard InChI is InChI=1S/C18H14FN3O4/c1-2-26-18(23)15-11-21(13-9-7-12(19)8-10-13)20-17(15)14-5-3-4-6-16(14)22(24)25/h3-11H,2H2,1H3. The number of hydrogen-bond acceptors (Lipinski definition) is 5. The van der Waals surface area contributed by atoms with Crippen molar-refractivity contribution in [1.29, 1.82) is 0 Å². The predicted octanol–water partition coefficient (Wildman–Crippen LogP) is 3.76. The molecule has 0 saturated carbocycles. The van der Waals surface area contributed by atoms with Crippen LogP contribution in [0.1, 0.15) is 17.3 Å². The Bertz CT molecular complexity index is 967. The minimum absolute atomic E-state index is 0.0884. The smallest absolute Gasteiger partial charge is 0.342 e. The van der Waals surface area contributed by atoms with E-state index in [1.807, 2.05) is 0 Å². The summed E-state index contributed by atoms with van der Waals surface area (Å²) in [6.07, 6.45) is 1.41. The van der Waals surface area contributed by atoms with Crippen LogP contribution in [0.4, 0.5) is 10.1 Å². The maximum Gasteiger partial charge on any atom is 0.342 e. The Morgan fingerprint density at radius 3 is 2.58 bits per heavy atom. The van der Waals surface area contributed by atoms with E-state index >= 15 is 0 Å². The number of aromatic nitrogens is 2. The van der Waals surface area contributed by atoms with Crippen molar-refractivity contribution in [2.75, 3.05) is 6.61 Å². The van der Waals surface area contributed by atoms with Crippen molar-refractivity contribution in [3.63, 3.8) is 0 Å². The van der Waals surface area contributed by atoms with Crippen molar-refractivity contribution in [2.24, 2.45) is 0 Å². The number of halogens is 1. The second kappa shape index (κ2) is 7.14. The van der Waals surface area contributed by atoms with Gasteiger partial charge in [-0.25, -0.2) is 13.9 Å². The Labute approximate surface area is 147 Å². The van der Waals surface area contributed by atoms with Crippen LogP contribution < -0.4 is 0 Å². The fourth-order valence-corrected chi connectivity index (χ4v) is 2.49. The van der Waals surface area contributed by atoms with E-state index in [-0.39, 0.29) is 29.1 Å². The molecule has 8 heteroatoms. The number of esters is 1. The molecule has 0 aliphatic heterocycles. The molecule has 0 aliphatic rings. The highest BCUT2D eigenvalue weighted by atomic mass is 19.1. The number of rotatable bonds is 5. The van der Waals surface area contributed by atoms with Crippen molar-refractivity contribution in [3.05, 3.63) is 76.2 Å². The third-order valence-corrected chi connectivity index (χ3v) is 3.66. The van der Waals surface area contributed by atoms with Crippen molar-refractivity contribution in [2.45, 2.75) is 6.92 Å². The van der Waals surface area contributed by atoms with Crippen molar-refractivity contribution >= 4 is 11.7 Å². The lowest BCUT2D eigenvalue weighted by molar-refractivity contribution is -0.384. The Morgan fingerprint density at radius 2 is 1.92 bits per heavy atom. The van der Waals surface area contributed by atoms with E-state index in [1.54, 1.807) is 13.0 Å². The maximum absolute atomic E-state index is 13.1. The van der Waals surface area contributed by atoms with Crippen LogP contribution >= 0.6 is 0 Å². The number of nitrogens with zero attached hydrogens (tertiary/aromatic N) is 3. The van der Waals surface area contributed by atoms with E-state index in [9.17, 15) is 19.3 Å². The summed E-state index contributed by atoms with van der Waals surface area (Å²) in [6, 6.07) is 11.5. The molecule has 0 fully saturated rings. The molecular weight excluding hydrogens is 341 g/mol. The van der Waals surface area contributed by atoms with E-state index in [0.717, 1.165) is 0 Å². The van der Waals surface area contributed by atoms with E-state index in [0.29, 0.717) is 5.69 Å². The third kappa shape index (κ3) is 3.30. The summed E-state index contributed by atoms with van der Waals surface area (Å²) in [6.45, 7) is 1.81. The summed E-state index contributed by atoms with van der Waals surface area (Å²) in [5.74, 6) is -1.06. The van der Waals surface area contributed by atoms with Crippen LogP contribution in [0.5, 0.6) is 0 Å². The zero-order chi connectivity index (χ0) is 18.7. The fraction of sp³-hybridized carbons (Fsp3) is 0.111. The van der Waals surface area contributed by atoms with Gasteiger partial charge >= 0.3 is 5.97 Å². The highest BCUT2D eigenvalue weighted by Gasteiger charge is 2.25. The zero-order valence-corrected chi connectivity index (χ0v) is 13.8. The second-order valence-corrected chi connectivity index (χ2v) is 5.31. The molecule has 0 saturated heterocycles. The summed E-state index contributed by atoms with van der Waals surface area (Å²) < 4.78 is 19.5. The lowest BCUT2D eigenvalue weighted by Gasteiger charge is -2.03. The Balaban J connectivity index is 2.19. The first-order valence-electron chi connectivity index (χ1n) is 7.77. The van der Waals surface area contributed by atoms with Crippen LogP contribution in [-0.4, -0.2) is 27.3 Å². The van der Waals surface area contributed by atoms with Crippen LogP contribution in [0.25, 0.3) is 16.9 Å². The highest BCUT2D eigenvalue weighted by molar-refractivity contribution is 5.97. The molecule has 1 heterocycles. The molecule has 0 unspecified atom stereocenters. The Morgan fingerprint density at radius 1 is 1.23 bits per heavy atom. The number of para-hydroxylation sites is 1. The summed E-state index contributed by atoms with van der Waals surface area (Å²) >= 11 is 0. The minimum Gasteiger partial charge on any atom is -0.462 e. The van der Waals surface area contributed by atoms with Crippen molar-refractivity contribution in [3.8, 4) is 16.9 Å². The van der Waals surface area contributed by atoms with Crippen molar-refractivity contribution < 1.29 is 18.8 Å². The first-order chi connectivity index (χ1) is 12.5. The first-order valence-corrected chi connectivity index (χ1v) is 7.77. The van der Waals surface area contributed by atoms with E-state index in [4.69, 9.17) is 4.74 Å². The van der Waals surface area contributed by atoms with Gasteiger partial charge in [0.05, 0.1) is 22.8 Å². The molecule has 26 heavy (non-hydrogen) atoms. The van der Waals surface area contributed by atoms with Crippen LogP contribution in [0, 0.1) is 15.9 Å². The van der Waals surface area contributed by atoms with Crippen LogP contribution in [0.3, 0.4) is 0 Å². The molecule has 132 valence electrons. The molecule has 3 aromatic rings. The quantitative estimate of drug-likeness (QED) is 0.395. The molecule has 0 radical (unpaired) electrons. The number of carbonyl (C=O) groups excluding carboxylic acids is 1.